The van der Waals surface area contributed by atoms with E-state index < -0.39 is 8.07 Å². The summed E-state index contributed by atoms with van der Waals surface area (Å²) in [4.78, 5) is 0. The van der Waals surface area contributed by atoms with Crippen LogP contribution >= 0.6 is 15.9 Å². The minimum Gasteiger partial charge on any atom is -0.331 e. The quantitative estimate of drug-likeness (QED) is 0.376. The second-order valence-electron chi connectivity index (χ2n) is 7.39. The lowest BCUT2D eigenvalue weighted by molar-refractivity contribution is 0.629. The highest BCUT2D eigenvalue weighted by molar-refractivity contribution is 9.10. The molecule has 4 aromatic rings. The van der Waals surface area contributed by atoms with Gasteiger partial charge in [0.05, 0.1) is 4.60 Å². The zero-order chi connectivity index (χ0) is 19.0. The van der Waals surface area contributed by atoms with E-state index in [2.05, 4.69) is 82.1 Å². The Labute approximate surface area is 168 Å². The molecule has 0 aliphatic heterocycles. The van der Waals surface area contributed by atoms with Crippen molar-refractivity contribution >= 4 is 45.3 Å². The molecule has 0 saturated heterocycles. The lowest BCUT2D eigenvalue weighted by atomic mass is 10.2. The highest BCUT2D eigenvalue weighted by Crippen LogP contribution is 2.27. The molecule has 0 bridgehead atoms. The van der Waals surface area contributed by atoms with Gasteiger partial charge in [-0.1, -0.05) is 78.9 Å². The van der Waals surface area contributed by atoms with E-state index in [-0.39, 0.29) is 5.82 Å². The second-order valence-corrected chi connectivity index (χ2v) is 12.5. The third kappa shape index (κ3) is 3.28. The zero-order valence-electron chi connectivity index (χ0n) is 15.4. The van der Waals surface area contributed by atoms with Crippen LogP contribution in [0.2, 0.25) is 13.1 Å². The van der Waals surface area contributed by atoms with Gasteiger partial charge in [-0.2, -0.15) is 0 Å². The van der Waals surface area contributed by atoms with E-state index >= 15 is 0 Å². The molecule has 0 saturated carbocycles. The molecule has 27 heavy (non-hydrogen) atoms. The van der Waals surface area contributed by atoms with Gasteiger partial charge in [-0.25, -0.2) is 4.39 Å². The van der Waals surface area contributed by atoms with E-state index in [1.807, 2.05) is 18.2 Å². The van der Waals surface area contributed by atoms with Gasteiger partial charge in [0.25, 0.3) is 0 Å². The largest absolute Gasteiger partial charge is 0.331 e. The molecule has 0 N–H and O–H groups in total. The number of halogens is 2. The number of rotatable bonds is 4. The lowest BCUT2D eigenvalue weighted by Gasteiger charge is -2.24. The maximum Gasteiger partial charge on any atom is 0.123 e. The topological polar surface area (TPSA) is 4.93 Å². The maximum absolute atomic E-state index is 14.2. The van der Waals surface area contributed by atoms with Crippen molar-refractivity contribution in [1.29, 1.82) is 0 Å². The molecule has 0 radical (unpaired) electrons. The van der Waals surface area contributed by atoms with Gasteiger partial charge in [0, 0.05) is 17.4 Å². The summed E-state index contributed by atoms with van der Waals surface area (Å²) in [5.74, 6) is -0.189. The normalized spacial score (nSPS) is 11.9. The monoisotopic (exact) mass is 437 g/mol. The van der Waals surface area contributed by atoms with E-state index in [0.717, 1.165) is 22.1 Å². The number of fused-ring (bicyclic) bond motifs is 1. The standard InChI is InChI=1S/C23H21BrFNSi/c1-27(2,19-11-7-4-8-12-19)22-20-15-18(25)13-14-21(20)26(23(22)24)16-17-9-5-3-6-10-17/h3-15H,16H2,1-2H3. The van der Waals surface area contributed by atoms with Gasteiger partial charge < -0.3 is 4.57 Å². The molecule has 0 atom stereocenters. The first-order valence-corrected chi connectivity index (χ1v) is 12.8. The molecular formula is C23H21BrFNSi. The third-order valence-electron chi connectivity index (χ3n) is 5.27. The summed E-state index contributed by atoms with van der Waals surface area (Å²) in [6, 6.07) is 26.1. The molecule has 3 aromatic carbocycles. The van der Waals surface area contributed by atoms with Crippen molar-refractivity contribution in [3.8, 4) is 0 Å². The molecule has 1 aromatic heterocycles. The average molecular weight is 438 g/mol. The Hall–Kier alpha value is -2.17. The van der Waals surface area contributed by atoms with Crippen LogP contribution in [0.5, 0.6) is 0 Å². The SMILES string of the molecule is C[Si](C)(c1ccccc1)c1c(Br)n(Cc2ccccc2)c2ccc(F)cc12. The van der Waals surface area contributed by atoms with E-state index in [9.17, 15) is 4.39 Å². The summed E-state index contributed by atoms with van der Waals surface area (Å²) in [7, 11) is -2.02. The molecule has 136 valence electrons. The third-order valence-corrected chi connectivity index (χ3v) is 9.99. The Morgan fingerprint density at radius 3 is 2.19 bits per heavy atom. The van der Waals surface area contributed by atoms with Crippen molar-refractivity contribution < 1.29 is 4.39 Å². The summed E-state index contributed by atoms with van der Waals surface area (Å²) >= 11 is 3.88. The Kier molecular flexibility index (Phi) is 4.78. The number of benzene rings is 3. The minimum atomic E-state index is -2.02. The first-order chi connectivity index (χ1) is 13.0. The molecular weight excluding hydrogens is 417 g/mol. The molecule has 0 spiro atoms. The van der Waals surface area contributed by atoms with Crippen LogP contribution in [-0.2, 0) is 6.54 Å². The summed E-state index contributed by atoms with van der Waals surface area (Å²) in [5, 5.41) is 3.60. The number of hydrogen-bond donors (Lipinski definition) is 0. The van der Waals surface area contributed by atoms with E-state index in [4.69, 9.17) is 0 Å². The molecule has 0 unspecified atom stereocenters. The molecule has 0 amide bonds. The van der Waals surface area contributed by atoms with Gasteiger partial charge in [-0.15, -0.1) is 0 Å². The molecule has 0 aliphatic rings. The second kappa shape index (κ2) is 7.10. The van der Waals surface area contributed by atoms with Crippen LogP contribution in [0.15, 0.2) is 83.5 Å². The number of hydrogen-bond acceptors (Lipinski definition) is 0. The van der Waals surface area contributed by atoms with Crippen LogP contribution < -0.4 is 10.4 Å². The fraction of sp³-hybridized carbons (Fsp3) is 0.130. The summed E-state index contributed by atoms with van der Waals surface area (Å²) < 4.78 is 17.5. The average Bonchev–Trinajstić information content (AvgIpc) is 2.95. The highest BCUT2D eigenvalue weighted by Gasteiger charge is 2.33. The molecule has 4 heteroatoms. The Balaban J connectivity index is 1.96. The summed E-state index contributed by atoms with van der Waals surface area (Å²) in [6.45, 7) is 5.42. The van der Waals surface area contributed by atoms with Crippen molar-refractivity contribution in [3.63, 3.8) is 0 Å². The molecule has 0 fully saturated rings. The van der Waals surface area contributed by atoms with Crippen LogP contribution in [0.4, 0.5) is 4.39 Å². The van der Waals surface area contributed by atoms with Crippen molar-refractivity contribution in [2.24, 2.45) is 0 Å². The number of aromatic nitrogens is 1. The smallest absolute Gasteiger partial charge is 0.123 e. The maximum atomic E-state index is 14.2. The predicted octanol–water partition coefficient (Wildman–Crippen LogP) is 5.41. The van der Waals surface area contributed by atoms with Gasteiger partial charge in [0.2, 0.25) is 0 Å². The highest BCUT2D eigenvalue weighted by atomic mass is 79.9. The summed E-state index contributed by atoms with van der Waals surface area (Å²) in [5.41, 5.74) is 2.30. The summed E-state index contributed by atoms with van der Waals surface area (Å²) in [6.07, 6.45) is 0. The molecule has 1 nitrogen and oxygen atoms in total. The van der Waals surface area contributed by atoms with E-state index in [0.29, 0.717) is 0 Å². The van der Waals surface area contributed by atoms with E-state index in [1.165, 1.54) is 15.9 Å². The zero-order valence-corrected chi connectivity index (χ0v) is 18.0. The van der Waals surface area contributed by atoms with Crippen molar-refractivity contribution in [3.05, 3.63) is 94.8 Å². The van der Waals surface area contributed by atoms with Crippen LogP contribution in [-0.4, -0.2) is 12.6 Å². The van der Waals surface area contributed by atoms with Crippen molar-refractivity contribution in [1.82, 2.24) is 4.57 Å². The van der Waals surface area contributed by atoms with Gasteiger partial charge in [0.1, 0.15) is 13.9 Å². The van der Waals surface area contributed by atoms with Crippen LogP contribution in [0, 0.1) is 5.82 Å². The fourth-order valence-electron chi connectivity index (χ4n) is 3.81. The molecule has 4 rings (SSSR count). The Morgan fingerprint density at radius 2 is 1.52 bits per heavy atom. The first kappa shape index (κ1) is 18.2. The number of nitrogens with zero attached hydrogens (tertiary/aromatic N) is 1. The Bertz CT molecular complexity index is 1090. The van der Waals surface area contributed by atoms with Crippen molar-refractivity contribution in [2.75, 3.05) is 0 Å². The fourth-order valence-corrected chi connectivity index (χ4v) is 8.67. The first-order valence-electron chi connectivity index (χ1n) is 9.05. The minimum absolute atomic E-state index is 0.189. The van der Waals surface area contributed by atoms with Crippen LogP contribution in [0.1, 0.15) is 5.56 Å². The Morgan fingerprint density at radius 1 is 0.889 bits per heavy atom. The van der Waals surface area contributed by atoms with Crippen molar-refractivity contribution in [2.45, 2.75) is 19.6 Å². The molecule has 1 heterocycles. The van der Waals surface area contributed by atoms with Gasteiger partial charge >= 0.3 is 0 Å². The van der Waals surface area contributed by atoms with Crippen LogP contribution in [0.25, 0.3) is 10.9 Å². The van der Waals surface area contributed by atoms with Gasteiger partial charge in [0.15, 0.2) is 0 Å². The van der Waals surface area contributed by atoms with Gasteiger partial charge in [-0.3, -0.25) is 0 Å². The predicted molar refractivity (Wildman–Crippen MR) is 118 cm³/mol. The molecule has 0 aliphatic carbocycles. The lowest BCUT2D eigenvalue weighted by Crippen LogP contribution is -2.53. The van der Waals surface area contributed by atoms with Gasteiger partial charge in [-0.05, 0) is 44.9 Å². The van der Waals surface area contributed by atoms with Crippen LogP contribution in [0.3, 0.4) is 0 Å². The van der Waals surface area contributed by atoms with E-state index in [1.54, 1.807) is 12.1 Å².